The molecule has 0 amide bonds. The van der Waals surface area contributed by atoms with Crippen LogP contribution in [-0.4, -0.2) is 33.1 Å². The van der Waals surface area contributed by atoms with Crippen molar-refractivity contribution in [1.29, 1.82) is 0 Å². The Morgan fingerprint density at radius 2 is 1.68 bits per heavy atom. The van der Waals surface area contributed by atoms with Crippen LogP contribution in [0.25, 0.3) is 27.4 Å². The smallest absolute Gasteiger partial charge is 0.313 e. The van der Waals surface area contributed by atoms with Gasteiger partial charge in [0.05, 0.1) is 18.1 Å². The van der Waals surface area contributed by atoms with Gasteiger partial charge in [-0.05, 0) is 34.7 Å². The zero-order valence-corrected chi connectivity index (χ0v) is 18.6. The summed E-state index contributed by atoms with van der Waals surface area (Å²) < 4.78 is 29.7. The first-order valence-electron chi connectivity index (χ1n) is 10.4. The van der Waals surface area contributed by atoms with Crippen molar-refractivity contribution < 1.29 is 8.63 Å². The normalized spacial score (nSPS) is 11.9. The van der Waals surface area contributed by atoms with E-state index < -0.39 is 7.40 Å². The average Bonchev–Trinajstić information content (AvgIpc) is 3.58. The molecule has 166 valence electrons. The van der Waals surface area contributed by atoms with Crippen LogP contribution in [0.15, 0.2) is 107 Å². The fourth-order valence-electron chi connectivity index (χ4n) is 3.34. The van der Waals surface area contributed by atoms with Gasteiger partial charge in [0.1, 0.15) is 11.2 Å². The van der Waals surface area contributed by atoms with Gasteiger partial charge < -0.3 is 4.48 Å². The molecule has 0 saturated heterocycles. The lowest BCUT2D eigenvalue weighted by atomic mass is 10.1. The number of benzene rings is 2. The molecule has 0 unspecified atom stereocenters. The number of aromatic nitrogens is 4. The van der Waals surface area contributed by atoms with Gasteiger partial charge in [0.25, 0.3) is 0 Å². The maximum Gasteiger partial charge on any atom is 0.678 e. The first-order valence-corrected chi connectivity index (χ1v) is 11.2. The fourth-order valence-corrected chi connectivity index (χ4v) is 4.07. The van der Waals surface area contributed by atoms with Crippen molar-refractivity contribution in [1.82, 2.24) is 19.5 Å². The van der Waals surface area contributed by atoms with E-state index in [0.29, 0.717) is 11.4 Å². The zero-order chi connectivity index (χ0) is 23.3. The number of hydrogen-bond donors (Lipinski definition) is 0. The second-order valence-corrected chi connectivity index (χ2v) is 8.24. The molecule has 0 bridgehead atoms. The van der Waals surface area contributed by atoms with E-state index in [-0.39, 0.29) is 5.49 Å². The van der Waals surface area contributed by atoms with Gasteiger partial charge in [0.15, 0.2) is 0 Å². The van der Waals surface area contributed by atoms with Gasteiger partial charge in [0.2, 0.25) is 0 Å². The molecule has 0 aliphatic carbocycles. The molecule has 0 fully saturated rings. The van der Waals surface area contributed by atoms with Crippen LogP contribution in [-0.2, 0) is 0 Å². The minimum Gasteiger partial charge on any atom is -0.313 e. The van der Waals surface area contributed by atoms with Crippen LogP contribution in [0.4, 0.5) is 8.63 Å². The molecular formula is C24H17BF2N6S. The molecule has 5 rings (SSSR count). The van der Waals surface area contributed by atoms with Crippen molar-refractivity contribution in [3.8, 4) is 27.4 Å². The van der Waals surface area contributed by atoms with Crippen LogP contribution in [0, 0.1) is 0 Å². The first kappa shape index (κ1) is 21.7. The topological polar surface area (TPSA) is 60.4 Å². The van der Waals surface area contributed by atoms with E-state index in [1.165, 1.54) is 28.0 Å². The lowest BCUT2D eigenvalue weighted by Crippen LogP contribution is -2.29. The third-order valence-electron chi connectivity index (χ3n) is 5.06. The number of nitrogens with zero attached hydrogens (tertiary/aromatic N) is 6. The first-order chi connectivity index (χ1) is 16.7. The van der Waals surface area contributed by atoms with E-state index in [1.807, 2.05) is 66.0 Å². The SMILES string of the molecule is FB(F)n1cc(-n2cc(-c3ccccc3)nn2)cc/c1=N/N=C/c1ccc(-c2cccs2)cc1. The van der Waals surface area contributed by atoms with E-state index in [9.17, 15) is 8.63 Å². The highest BCUT2D eigenvalue weighted by Gasteiger charge is 2.18. The van der Waals surface area contributed by atoms with Crippen LogP contribution in [0.2, 0.25) is 0 Å². The molecule has 3 heterocycles. The molecule has 3 aromatic heterocycles. The van der Waals surface area contributed by atoms with Crippen molar-refractivity contribution >= 4 is 25.0 Å². The standard InChI is InChI=1S/C24H17BF2N6S/c26-25(27)32-16-21(33-17-22(29-31-33)19-5-2-1-3-6-19)12-13-24(32)30-28-15-18-8-10-20(11-9-18)23-7-4-14-34-23/h1-17H/b28-15+,30-24-. The van der Waals surface area contributed by atoms with Crippen molar-refractivity contribution in [2.45, 2.75) is 0 Å². The molecule has 2 aromatic carbocycles. The molecule has 0 radical (unpaired) electrons. The number of pyridine rings is 1. The number of rotatable bonds is 6. The van der Waals surface area contributed by atoms with E-state index in [4.69, 9.17) is 0 Å². The van der Waals surface area contributed by atoms with E-state index in [0.717, 1.165) is 21.2 Å². The summed E-state index contributed by atoms with van der Waals surface area (Å²) >= 11 is 1.66. The lowest BCUT2D eigenvalue weighted by Gasteiger charge is -2.06. The maximum atomic E-state index is 13.7. The molecule has 5 aromatic rings. The van der Waals surface area contributed by atoms with Crippen LogP contribution in [0.5, 0.6) is 0 Å². The Labute approximate surface area is 198 Å². The van der Waals surface area contributed by atoms with Crippen LogP contribution < -0.4 is 5.49 Å². The second kappa shape index (κ2) is 9.76. The fraction of sp³-hybridized carbons (Fsp3) is 0. The number of thiophene rings is 1. The predicted octanol–water partition coefficient (Wildman–Crippen LogP) is 5.17. The third kappa shape index (κ3) is 4.76. The van der Waals surface area contributed by atoms with Gasteiger partial charge in [-0.1, -0.05) is 65.9 Å². The molecule has 10 heteroatoms. The summed E-state index contributed by atoms with van der Waals surface area (Å²) in [4.78, 5) is 1.18. The summed E-state index contributed by atoms with van der Waals surface area (Å²) in [5.41, 5.74) is 3.92. The molecule has 0 aliphatic heterocycles. The number of hydrogen-bond acceptors (Lipinski definition) is 5. The molecule has 0 spiro atoms. The van der Waals surface area contributed by atoms with Crippen LogP contribution in [0.3, 0.4) is 0 Å². The summed E-state index contributed by atoms with van der Waals surface area (Å²) in [6.45, 7) is 0. The summed E-state index contributed by atoms with van der Waals surface area (Å²) in [7, 11) is -2.80. The Morgan fingerprint density at radius 3 is 2.41 bits per heavy atom. The van der Waals surface area contributed by atoms with Crippen molar-refractivity contribution in [3.63, 3.8) is 0 Å². The monoisotopic (exact) mass is 470 g/mol. The highest BCUT2D eigenvalue weighted by atomic mass is 32.1. The van der Waals surface area contributed by atoms with Gasteiger partial charge >= 0.3 is 7.40 Å². The summed E-state index contributed by atoms with van der Waals surface area (Å²) in [5, 5.41) is 18.2. The molecule has 0 atom stereocenters. The summed E-state index contributed by atoms with van der Waals surface area (Å²) in [5.74, 6) is 0. The molecule has 0 saturated carbocycles. The maximum absolute atomic E-state index is 13.7. The highest BCUT2D eigenvalue weighted by molar-refractivity contribution is 7.13. The summed E-state index contributed by atoms with van der Waals surface area (Å²) in [6, 6.07) is 24.5. The Balaban J connectivity index is 1.39. The van der Waals surface area contributed by atoms with Crippen molar-refractivity contribution in [2.24, 2.45) is 10.2 Å². The Kier molecular flexibility index (Phi) is 6.22. The minimum absolute atomic E-state index is 0.0219. The largest absolute Gasteiger partial charge is 0.678 e. The molecule has 6 nitrogen and oxygen atoms in total. The van der Waals surface area contributed by atoms with E-state index in [2.05, 4.69) is 26.6 Å². The van der Waals surface area contributed by atoms with Crippen molar-refractivity contribution in [2.75, 3.05) is 0 Å². The second-order valence-electron chi connectivity index (χ2n) is 7.29. The molecular weight excluding hydrogens is 453 g/mol. The van der Waals surface area contributed by atoms with E-state index in [1.54, 1.807) is 23.6 Å². The van der Waals surface area contributed by atoms with Gasteiger partial charge in [-0.15, -0.1) is 21.5 Å². The Morgan fingerprint density at radius 1 is 0.853 bits per heavy atom. The van der Waals surface area contributed by atoms with Gasteiger partial charge in [-0.25, -0.2) is 4.68 Å². The lowest BCUT2D eigenvalue weighted by molar-refractivity contribution is 0.617. The Bertz CT molecular complexity index is 1480. The quantitative estimate of drug-likeness (QED) is 0.195. The van der Waals surface area contributed by atoms with Gasteiger partial charge in [0, 0.05) is 16.6 Å². The van der Waals surface area contributed by atoms with E-state index >= 15 is 0 Å². The highest BCUT2D eigenvalue weighted by Crippen LogP contribution is 2.24. The summed E-state index contributed by atoms with van der Waals surface area (Å²) in [6.07, 6.45) is 4.50. The van der Waals surface area contributed by atoms with Crippen molar-refractivity contribution in [3.05, 3.63) is 108 Å². The van der Waals surface area contributed by atoms with Crippen LogP contribution in [0.1, 0.15) is 5.56 Å². The van der Waals surface area contributed by atoms with Gasteiger partial charge in [-0.2, -0.15) is 5.10 Å². The zero-order valence-electron chi connectivity index (χ0n) is 17.7. The minimum atomic E-state index is -2.80. The average molecular weight is 470 g/mol. The number of halogens is 2. The Hall–Kier alpha value is -4.18. The van der Waals surface area contributed by atoms with Crippen LogP contribution >= 0.6 is 11.3 Å². The molecule has 0 N–H and O–H groups in total. The predicted molar refractivity (Wildman–Crippen MR) is 131 cm³/mol. The third-order valence-corrected chi connectivity index (χ3v) is 5.98. The molecule has 0 aliphatic rings. The molecule has 34 heavy (non-hydrogen) atoms. The van der Waals surface area contributed by atoms with Gasteiger partial charge in [-0.3, -0.25) is 8.63 Å².